The maximum absolute atomic E-state index is 10.1. The lowest BCUT2D eigenvalue weighted by atomic mass is 10.3. The highest BCUT2D eigenvalue weighted by Gasteiger charge is 1.98. The van der Waals surface area contributed by atoms with Crippen LogP contribution in [-0.4, -0.2) is 79.7 Å². The Morgan fingerprint density at radius 1 is 0.680 bits per heavy atom. The zero-order valence-corrected chi connectivity index (χ0v) is 12.2. The number of benzene rings is 1. The largest absolute Gasteiger partial charge is 0.674 e. The lowest BCUT2D eigenvalue weighted by Gasteiger charge is -1.81. The van der Waals surface area contributed by atoms with E-state index in [1.165, 1.54) is 0 Å². The smallest absolute Gasteiger partial charge is 0.398 e. The van der Waals surface area contributed by atoms with Gasteiger partial charge in [0, 0.05) is 0 Å². The van der Waals surface area contributed by atoms with Crippen LogP contribution in [0.2, 0.25) is 0 Å². The van der Waals surface area contributed by atoms with Gasteiger partial charge >= 0.3 is 29.6 Å². The van der Waals surface area contributed by atoms with E-state index < -0.39 is 29.6 Å². The van der Waals surface area contributed by atoms with E-state index in [0.29, 0.717) is 0 Å². The van der Waals surface area contributed by atoms with E-state index >= 15 is 0 Å². The lowest BCUT2D eigenvalue weighted by Crippen LogP contribution is -1.98. The van der Waals surface area contributed by atoms with Gasteiger partial charge in [-0.3, -0.25) is 17.3 Å². The molecule has 2 rings (SSSR count). The van der Waals surface area contributed by atoms with Gasteiger partial charge in [0.05, 0.1) is 17.4 Å². The molecule has 1 aromatic carbocycles. The van der Waals surface area contributed by atoms with E-state index in [1.54, 1.807) is 6.33 Å². The normalized spacial score (nSPS) is 8.00. The Morgan fingerprint density at radius 3 is 1.32 bits per heavy atom. The number of nitrogens with zero attached hydrogens (tertiary/aromatic N) is 1. The quantitative estimate of drug-likeness (QED) is 0.174. The molecule has 140 valence electrons. The zero-order valence-electron chi connectivity index (χ0n) is 12.2. The molecule has 0 spiro atoms. The first-order valence-corrected chi connectivity index (χ1v) is 5.79. The minimum Gasteiger partial charge on any atom is -0.398 e. The summed E-state index contributed by atoms with van der Waals surface area (Å²) in [6, 6.07) is 7.94. The van der Waals surface area contributed by atoms with Crippen molar-refractivity contribution in [3.63, 3.8) is 0 Å². The van der Waals surface area contributed by atoms with Gasteiger partial charge in [-0.05, 0) is 12.1 Å². The van der Waals surface area contributed by atoms with E-state index in [9.17, 15) is 17.3 Å². The second kappa shape index (κ2) is 18.7. The molecule has 0 aliphatic carbocycles. The van der Waals surface area contributed by atoms with Crippen molar-refractivity contribution in [2.75, 3.05) is 0 Å². The molecule has 0 atom stereocenters. The number of H-pyrrole nitrogens is 1. The molecule has 0 saturated carbocycles. The highest BCUT2D eigenvalue weighted by molar-refractivity contribution is 6.32. The molecule has 9 N–H and O–H groups in total. The van der Waals surface area contributed by atoms with Gasteiger partial charge in [0.15, 0.2) is 0 Å². The molecule has 1 heterocycles. The Bertz CT molecular complexity index is 447. The third kappa shape index (κ3) is 39.3. The SMILES string of the molecule is OB(O)F.OB(O)F.OB(O)F.OB(O)F.c1ccc2[nH]cnc2c1. The molecule has 25 heavy (non-hydrogen) atoms. The molecule has 0 unspecified atom stereocenters. The third-order valence-electron chi connectivity index (χ3n) is 1.33. The molecule has 0 aliphatic rings. The summed E-state index contributed by atoms with van der Waals surface area (Å²) in [6.45, 7) is 0. The van der Waals surface area contributed by atoms with E-state index in [1.807, 2.05) is 24.3 Å². The van der Waals surface area contributed by atoms with Crippen LogP contribution in [0, 0.1) is 0 Å². The van der Waals surface area contributed by atoms with Crippen LogP contribution >= 0.6 is 0 Å². The molecule has 0 fully saturated rings. The van der Waals surface area contributed by atoms with E-state index in [0.717, 1.165) is 11.0 Å². The number of imidazole rings is 1. The molecule has 0 radical (unpaired) electrons. The molecule has 2 aromatic rings. The predicted octanol–water partition coefficient (Wildman–Crippen LogP) is -2.74. The second-order valence-electron chi connectivity index (χ2n) is 3.16. The van der Waals surface area contributed by atoms with Gasteiger partial charge in [0.2, 0.25) is 0 Å². The number of para-hydroxylation sites is 2. The van der Waals surface area contributed by atoms with Crippen LogP contribution in [0.4, 0.5) is 17.3 Å². The topological polar surface area (TPSA) is 191 Å². The van der Waals surface area contributed by atoms with Gasteiger partial charge in [0.1, 0.15) is 0 Å². The molecule has 10 nitrogen and oxygen atoms in total. The molecule has 18 heteroatoms. The van der Waals surface area contributed by atoms with Gasteiger partial charge in [-0.25, -0.2) is 4.98 Å². The molecule has 0 bridgehead atoms. The average molecular weight is 373 g/mol. The van der Waals surface area contributed by atoms with Gasteiger partial charge in [0.25, 0.3) is 0 Å². The number of aromatic nitrogens is 2. The van der Waals surface area contributed by atoms with E-state index in [-0.39, 0.29) is 0 Å². The van der Waals surface area contributed by atoms with E-state index in [4.69, 9.17) is 40.2 Å². The van der Waals surface area contributed by atoms with Gasteiger partial charge in [-0.2, -0.15) is 0 Å². The summed E-state index contributed by atoms with van der Waals surface area (Å²) in [6.07, 6.45) is 1.70. The summed E-state index contributed by atoms with van der Waals surface area (Å²) in [5.74, 6) is 0. The Balaban J connectivity index is -0.000000263. The summed E-state index contributed by atoms with van der Waals surface area (Å²) in [7, 11) is -10.7. The number of hydrogen-bond donors (Lipinski definition) is 9. The maximum atomic E-state index is 10.1. The van der Waals surface area contributed by atoms with Crippen LogP contribution in [0.15, 0.2) is 30.6 Å². The van der Waals surface area contributed by atoms with Crippen molar-refractivity contribution >= 4 is 40.6 Å². The zero-order chi connectivity index (χ0) is 20.4. The summed E-state index contributed by atoms with van der Waals surface area (Å²) in [5.41, 5.74) is 2.12. The number of halogens is 4. The van der Waals surface area contributed by atoms with Crippen molar-refractivity contribution in [3.8, 4) is 0 Å². The second-order valence-corrected chi connectivity index (χ2v) is 3.16. The standard InChI is InChI=1S/C7H6N2.4BFH2O2/c1-2-4-7-6(3-1)8-5-9-7;4*2-1(3)4/h1-5H,(H,8,9);4*3-4H. The first-order valence-electron chi connectivity index (χ1n) is 5.79. The van der Waals surface area contributed by atoms with Crippen LogP contribution in [0.3, 0.4) is 0 Å². The van der Waals surface area contributed by atoms with Crippen LogP contribution in [-0.2, 0) is 0 Å². The molecule has 1 aromatic heterocycles. The fourth-order valence-electron chi connectivity index (χ4n) is 0.880. The minimum absolute atomic E-state index is 1.03. The minimum atomic E-state index is -2.67. The maximum Gasteiger partial charge on any atom is 0.674 e. The predicted molar refractivity (Wildman–Crippen MR) is 81.3 cm³/mol. The van der Waals surface area contributed by atoms with Crippen molar-refractivity contribution in [1.29, 1.82) is 0 Å². The number of aromatic amines is 1. The van der Waals surface area contributed by atoms with Crippen LogP contribution in [0.25, 0.3) is 11.0 Å². The van der Waals surface area contributed by atoms with Crippen molar-refractivity contribution in [2.45, 2.75) is 0 Å². The Morgan fingerprint density at radius 2 is 1.00 bits per heavy atom. The summed E-state index contributed by atoms with van der Waals surface area (Å²) >= 11 is 0. The fraction of sp³-hybridized carbons (Fsp3) is 0. The molecule has 0 aliphatic heterocycles. The van der Waals surface area contributed by atoms with Crippen molar-refractivity contribution < 1.29 is 57.5 Å². The van der Waals surface area contributed by atoms with Crippen LogP contribution < -0.4 is 0 Å². The Hall–Kier alpha value is -1.65. The first kappa shape index (κ1) is 28.2. The van der Waals surface area contributed by atoms with E-state index in [2.05, 4.69) is 9.97 Å². The number of fused-ring (bicyclic) bond motifs is 1. The number of nitrogens with one attached hydrogen (secondary N) is 1. The highest BCUT2D eigenvalue weighted by Crippen LogP contribution is 2.05. The number of rotatable bonds is 0. The van der Waals surface area contributed by atoms with Crippen molar-refractivity contribution in [1.82, 2.24) is 9.97 Å². The fourth-order valence-corrected chi connectivity index (χ4v) is 0.880. The lowest BCUT2D eigenvalue weighted by molar-refractivity contribution is 0.338. The summed E-state index contributed by atoms with van der Waals surface area (Å²) in [5, 5.41) is 55.6. The summed E-state index contributed by atoms with van der Waals surface area (Å²) < 4.78 is 40.4. The Labute approximate surface area is 139 Å². The molecule has 0 amide bonds. The Kier molecular flexibility index (Phi) is 21.1. The highest BCUT2D eigenvalue weighted by atomic mass is 19.1. The monoisotopic (exact) mass is 374 g/mol. The molecular weight excluding hydrogens is 359 g/mol. The van der Waals surface area contributed by atoms with Crippen molar-refractivity contribution in [2.24, 2.45) is 0 Å². The van der Waals surface area contributed by atoms with Gasteiger partial charge in [-0.15, -0.1) is 0 Å². The molecule has 0 saturated heterocycles. The van der Waals surface area contributed by atoms with Gasteiger partial charge in [-0.1, -0.05) is 12.1 Å². The third-order valence-corrected chi connectivity index (χ3v) is 1.33. The van der Waals surface area contributed by atoms with Crippen LogP contribution in [0.1, 0.15) is 0 Å². The van der Waals surface area contributed by atoms with Gasteiger partial charge < -0.3 is 45.2 Å². The van der Waals surface area contributed by atoms with Crippen molar-refractivity contribution in [3.05, 3.63) is 30.6 Å². The van der Waals surface area contributed by atoms with Crippen LogP contribution in [0.5, 0.6) is 0 Å². The average Bonchev–Trinajstić information content (AvgIpc) is 2.83. The summed E-state index contributed by atoms with van der Waals surface area (Å²) in [4.78, 5) is 7.07. The first-order chi connectivity index (χ1) is 11.4. The molecular formula is C7H14B4F4N2O8. The number of hydrogen-bond acceptors (Lipinski definition) is 9.